The van der Waals surface area contributed by atoms with Crippen LogP contribution in [0, 0.1) is 11.3 Å². The van der Waals surface area contributed by atoms with Gasteiger partial charge in [0.2, 0.25) is 10.0 Å². The van der Waals surface area contributed by atoms with E-state index in [0.29, 0.717) is 17.2 Å². The number of amides is 1. The van der Waals surface area contributed by atoms with Crippen LogP contribution in [0.1, 0.15) is 16.8 Å². The van der Waals surface area contributed by atoms with Crippen LogP contribution in [0.4, 0.5) is 5.69 Å². The van der Waals surface area contributed by atoms with E-state index in [1.54, 1.807) is 36.4 Å². The summed E-state index contributed by atoms with van der Waals surface area (Å²) in [6.07, 6.45) is 0.0363. The maximum Gasteiger partial charge on any atom is 0.338 e. The number of anilines is 1. The van der Waals surface area contributed by atoms with E-state index in [-0.39, 0.29) is 23.4 Å². The Hall–Kier alpha value is -4.20. The van der Waals surface area contributed by atoms with Crippen molar-refractivity contribution in [3.8, 4) is 17.6 Å². The van der Waals surface area contributed by atoms with E-state index in [1.807, 2.05) is 24.3 Å². The summed E-state index contributed by atoms with van der Waals surface area (Å²) in [4.78, 5) is 24.5. The first kappa shape index (κ1) is 24.4. The lowest BCUT2D eigenvalue weighted by molar-refractivity contribution is -0.119. The average molecular weight is 480 g/mol. The van der Waals surface area contributed by atoms with E-state index in [4.69, 9.17) is 14.7 Å². The number of esters is 1. The minimum Gasteiger partial charge on any atom is -0.455 e. The maximum absolute atomic E-state index is 12.3. The number of rotatable bonds is 10. The summed E-state index contributed by atoms with van der Waals surface area (Å²) in [6.45, 7) is -0.564. The lowest BCUT2D eigenvalue weighted by Gasteiger charge is -2.12. The lowest BCUT2D eigenvalue weighted by Crippen LogP contribution is -2.24. The molecule has 1 amide bonds. The molecule has 3 rings (SSSR count). The summed E-state index contributed by atoms with van der Waals surface area (Å²) in [5.41, 5.74) is 0.488. The van der Waals surface area contributed by atoms with Crippen LogP contribution < -0.4 is 14.8 Å². The molecule has 0 bridgehead atoms. The molecule has 0 fully saturated rings. The first-order valence-corrected chi connectivity index (χ1v) is 11.6. The molecule has 0 aromatic heterocycles. The van der Waals surface area contributed by atoms with Crippen LogP contribution in [0.2, 0.25) is 0 Å². The summed E-state index contributed by atoms with van der Waals surface area (Å²) < 4.78 is 37.3. The van der Waals surface area contributed by atoms with Gasteiger partial charge in [0.15, 0.2) is 12.4 Å². The molecular weight excluding hydrogens is 458 g/mol. The SMILES string of the molecule is N#CCCNS(=O)(=O)c1ccc(C(=O)OCC(=O)Nc2ccccc2Oc2ccccc2)cc1. The van der Waals surface area contributed by atoms with E-state index in [9.17, 15) is 18.0 Å². The molecular formula is C24H21N3O6S. The normalized spacial score (nSPS) is 10.7. The standard InChI is InChI=1S/C24H21N3O6S/c25-15-6-16-26-34(30,31)20-13-11-18(12-14-20)24(29)32-17-23(28)27-21-9-4-5-10-22(21)33-19-7-2-1-3-8-19/h1-5,7-14,26H,6,16-17H2,(H,27,28). The molecule has 3 aromatic carbocycles. The van der Waals surface area contributed by atoms with Gasteiger partial charge in [-0.1, -0.05) is 30.3 Å². The van der Waals surface area contributed by atoms with Crippen LogP contribution in [0.15, 0.2) is 83.8 Å². The zero-order valence-corrected chi connectivity index (χ0v) is 18.7. The molecule has 0 heterocycles. The molecule has 0 atom stereocenters. The predicted octanol–water partition coefficient (Wildman–Crippen LogP) is 3.47. The van der Waals surface area contributed by atoms with Gasteiger partial charge < -0.3 is 14.8 Å². The van der Waals surface area contributed by atoms with Crippen molar-refractivity contribution in [2.45, 2.75) is 11.3 Å². The van der Waals surface area contributed by atoms with Crippen LogP contribution in [0.3, 0.4) is 0 Å². The van der Waals surface area contributed by atoms with Gasteiger partial charge in [0.1, 0.15) is 5.75 Å². The zero-order chi connectivity index (χ0) is 24.4. The number of ether oxygens (including phenoxy) is 2. The van der Waals surface area contributed by atoms with Crippen molar-refractivity contribution in [1.82, 2.24) is 4.72 Å². The molecule has 10 heteroatoms. The fraction of sp³-hybridized carbons (Fsp3) is 0.125. The largest absolute Gasteiger partial charge is 0.455 e. The highest BCUT2D eigenvalue weighted by atomic mass is 32.2. The highest BCUT2D eigenvalue weighted by molar-refractivity contribution is 7.89. The number of hydrogen-bond donors (Lipinski definition) is 2. The quantitative estimate of drug-likeness (QED) is 0.336. The second-order valence-electron chi connectivity index (χ2n) is 6.87. The lowest BCUT2D eigenvalue weighted by atomic mass is 10.2. The highest BCUT2D eigenvalue weighted by Crippen LogP contribution is 2.29. The molecule has 0 spiro atoms. The maximum atomic E-state index is 12.3. The minimum absolute atomic E-state index is 0.0166. The molecule has 9 nitrogen and oxygen atoms in total. The molecule has 0 unspecified atom stereocenters. The fourth-order valence-corrected chi connectivity index (χ4v) is 3.80. The number of nitrogens with one attached hydrogen (secondary N) is 2. The number of carbonyl (C=O) groups is 2. The third-order valence-electron chi connectivity index (χ3n) is 4.40. The monoisotopic (exact) mass is 479 g/mol. The van der Waals surface area contributed by atoms with Crippen molar-refractivity contribution in [2.24, 2.45) is 0 Å². The summed E-state index contributed by atoms with van der Waals surface area (Å²) in [7, 11) is -3.79. The smallest absolute Gasteiger partial charge is 0.338 e. The second-order valence-corrected chi connectivity index (χ2v) is 8.63. The van der Waals surface area contributed by atoms with Crippen molar-refractivity contribution >= 4 is 27.6 Å². The van der Waals surface area contributed by atoms with Gasteiger partial charge in [-0.3, -0.25) is 4.79 Å². The number of carbonyl (C=O) groups excluding carboxylic acids is 2. The van der Waals surface area contributed by atoms with E-state index in [0.717, 1.165) is 0 Å². The van der Waals surface area contributed by atoms with E-state index < -0.39 is 28.5 Å². The van der Waals surface area contributed by atoms with Gasteiger partial charge in [-0.15, -0.1) is 0 Å². The Morgan fingerprint density at radius 1 is 0.912 bits per heavy atom. The van der Waals surface area contributed by atoms with Gasteiger partial charge in [-0.25, -0.2) is 17.9 Å². The van der Waals surface area contributed by atoms with Crippen LogP contribution in [-0.2, 0) is 19.6 Å². The van der Waals surface area contributed by atoms with Gasteiger partial charge >= 0.3 is 5.97 Å². The number of nitrogens with zero attached hydrogens (tertiary/aromatic N) is 1. The first-order valence-electron chi connectivity index (χ1n) is 10.1. The topological polar surface area (TPSA) is 135 Å². The molecule has 0 aliphatic carbocycles. The molecule has 0 saturated heterocycles. The highest BCUT2D eigenvalue weighted by Gasteiger charge is 2.16. The van der Waals surface area contributed by atoms with Gasteiger partial charge in [-0.05, 0) is 48.5 Å². The molecule has 0 aliphatic rings. The Labute approximate surface area is 197 Å². The van der Waals surface area contributed by atoms with Crippen LogP contribution in [0.25, 0.3) is 0 Å². The Bertz CT molecular complexity index is 1290. The Kier molecular flexibility index (Phi) is 8.34. The van der Waals surface area contributed by atoms with Crippen molar-refractivity contribution in [2.75, 3.05) is 18.5 Å². The third-order valence-corrected chi connectivity index (χ3v) is 5.87. The van der Waals surface area contributed by atoms with Crippen LogP contribution in [0.5, 0.6) is 11.5 Å². The molecule has 0 saturated carbocycles. The summed E-state index contributed by atoms with van der Waals surface area (Å²) in [5.74, 6) is -0.335. The molecule has 3 aromatic rings. The number of sulfonamides is 1. The number of nitriles is 1. The Morgan fingerprint density at radius 2 is 1.59 bits per heavy atom. The van der Waals surface area contributed by atoms with Crippen LogP contribution in [-0.4, -0.2) is 33.4 Å². The van der Waals surface area contributed by atoms with Crippen molar-refractivity contribution < 1.29 is 27.5 Å². The average Bonchev–Trinajstić information content (AvgIpc) is 2.84. The van der Waals surface area contributed by atoms with E-state index in [2.05, 4.69) is 10.0 Å². The number of benzene rings is 3. The number of hydrogen-bond acceptors (Lipinski definition) is 7. The fourth-order valence-electron chi connectivity index (χ4n) is 2.77. The molecule has 2 N–H and O–H groups in total. The molecule has 0 radical (unpaired) electrons. The molecule has 174 valence electrons. The summed E-state index contributed by atoms with van der Waals surface area (Å²) >= 11 is 0. The molecule has 0 aliphatic heterocycles. The van der Waals surface area contributed by atoms with Gasteiger partial charge in [0.05, 0.1) is 22.2 Å². The zero-order valence-electron chi connectivity index (χ0n) is 17.9. The first-order chi connectivity index (χ1) is 16.4. The van der Waals surface area contributed by atoms with Gasteiger partial charge in [0.25, 0.3) is 5.91 Å². The van der Waals surface area contributed by atoms with Crippen molar-refractivity contribution in [3.63, 3.8) is 0 Å². The van der Waals surface area contributed by atoms with Crippen molar-refractivity contribution in [1.29, 1.82) is 5.26 Å². The Balaban J connectivity index is 1.56. The number of para-hydroxylation sites is 3. The second kappa shape index (κ2) is 11.6. The van der Waals surface area contributed by atoms with E-state index in [1.165, 1.54) is 24.3 Å². The summed E-state index contributed by atoms with van der Waals surface area (Å²) in [6, 6.07) is 22.8. The van der Waals surface area contributed by atoms with Crippen molar-refractivity contribution in [3.05, 3.63) is 84.4 Å². The van der Waals surface area contributed by atoms with Gasteiger partial charge in [-0.2, -0.15) is 5.26 Å². The van der Waals surface area contributed by atoms with Crippen LogP contribution >= 0.6 is 0 Å². The molecule has 34 heavy (non-hydrogen) atoms. The third kappa shape index (κ3) is 6.90. The van der Waals surface area contributed by atoms with Gasteiger partial charge in [0, 0.05) is 13.0 Å². The minimum atomic E-state index is -3.79. The van der Waals surface area contributed by atoms with E-state index >= 15 is 0 Å². The Morgan fingerprint density at radius 3 is 2.29 bits per heavy atom. The summed E-state index contributed by atoms with van der Waals surface area (Å²) in [5, 5.41) is 11.1. The predicted molar refractivity (Wildman–Crippen MR) is 124 cm³/mol.